The maximum atomic E-state index is 12.1. The van der Waals surface area contributed by atoms with Crippen molar-refractivity contribution < 1.29 is 4.79 Å². The molecule has 0 spiro atoms. The van der Waals surface area contributed by atoms with Crippen LogP contribution < -0.4 is 10.6 Å². The van der Waals surface area contributed by atoms with Crippen molar-refractivity contribution in [3.8, 4) is 0 Å². The van der Waals surface area contributed by atoms with Gasteiger partial charge in [-0.3, -0.25) is 9.48 Å². The van der Waals surface area contributed by atoms with Gasteiger partial charge in [0.05, 0.1) is 22.9 Å². The van der Waals surface area contributed by atoms with Crippen molar-refractivity contribution in [3.05, 3.63) is 33.5 Å². The Bertz CT molecular complexity index is 682. The summed E-state index contributed by atoms with van der Waals surface area (Å²) in [7, 11) is 0. The molecule has 6 nitrogen and oxygen atoms in total. The zero-order valence-electron chi connectivity index (χ0n) is 14.4. The van der Waals surface area contributed by atoms with Gasteiger partial charge in [-0.25, -0.2) is 4.98 Å². The number of hydrogen-bond donors (Lipinski definition) is 2. The number of piperidine rings is 1. The number of halogens is 2. The summed E-state index contributed by atoms with van der Waals surface area (Å²) in [4.78, 5) is 17.6. The van der Waals surface area contributed by atoms with Crippen molar-refractivity contribution in [2.75, 3.05) is 13.1 Å². The van der Waals surface area contributed by atoms with E-state index < -0.39 is 0 Å². The molecule has 0 bridgehead atoms. The van der Waals surface area contributed by atoms with E-state index in [1.165, 1.54) is 12.8 Å². The van der Waals surface area contributed by atoms with Crippen molar-refractivity contribution in [1.29, 1.82) is 0 Å². The molecule has 25 heavy (non-hydrogen) atoms. The first-order valence-electron chi connectivity index (χ1n) is 8.05. The number of carbonyl (C=O) groups excluding carboxylic acids is 1. The van der Waals surface area contributed by atoms with Gasteiger partial charge in [-0.15, -0.1) is 36.2 Å². The minimum Gasteiger partial charge on any atom is -0.350 e. The van der Waals surface area contributed by atoms with E-state index in [-0.39, 0.29) is 37.3 Å². The third kappa shape index (κ3) is 5.95. The molecule has 2 N–H and O–H groups in total. The predicted octanol–water partition coefficient (Wildman–Crippen LogP) is 2.58. The van der Waals surface area contributed by atoms with Crippen LogP contribution in [0.4, 0.5) is 0 Å². The third-order valence-corrected chi connectivity index (χ3v) is 5.20. The molecule has 1 atom stereocenters. The number of aryl methyl sites for hydroxylation is 2. The molecule has 9 heteroatoms. The first kappa shape index (κ1) is 21.9. The molecular weight excluding hydrogens is 381 g/mol. The van der Waals surface area contributed by atoms with E-state index in [4.69, 9.17) is 0 Å². The number of hydrogen-bond acceptors (Lipinski definition) is 5. The summed E-state index contributed by atoms with van der Waals surface area (Å²) in [6, 6.07) is 2.03. The number of carbonyl (C=O) groups is 1. The van der Waals surface area contributed by atoms with Gasteiger partial charge >= 0.3 is 0 Å². The summed E-state index contributed by atoms with van der Waals surface area (Å²) in [5.74, 6) is 0.447. The molecule has 2 aromatic rings. The number of rotatable bonds is 5. The van der Waals surface area contributed by atoms with Gasteiger partial charge in [0.25, 0.3) is 0 Å². The van der Waals surface area contributed by atoms with Gasteiger partial charge in [-0.1, -0.05) is 0 Å². The average molecular weight is 406 g/mol. The van der Waals surface area contributed by atoms with Gasteiger partial charge in [0.2, 0.25) is 5.91 Å². The van der Waals surface area contributed by atoms with E-state index >= 15 is 0 Å². The van der Waals surface area contributed by atoms with Crippen LogP contribution in [0.1, 0.15) is 40.0 Å². The van der Waals surface area contributed by atoms with Crippen LogP contribution in [0.15, 0.2) is 12.3 Å². The predicted molar refractivity (Wildman–Crippen MR) is 105 cm³/mol. The van der Waals surface area contributed by atoms with E-state index in [0.717, 1.165) is 34.4 Å². The highest BCUT2D eigenvalue weighted by Crippen LogP contribution is 2.21. The lowest BCUT2D eigenvalue weighted by Crippen LogP contribution is -2.29. The number of amides is 1. The van der Waals surface area contributed by atoms with Gasteiger partial charge < -0.3 is 10.6 Å². The van der Waals surface area contributed by atoms with Crippen LogP contribution in [0, 0.1) is 13.8 Å². The van der Waals surface area contributed by atoms with Gasteiger partial charge in [0.15, 0.2) is 0 Å². The normalized spacial score (nSPS) is 16.6. The molecule has 3 rings (SSSR count). The lowest BCUT2D eigenvalue weighted by Gasteiger charge is -2.20. The van der Waals surface area contributed by atoms with E-state index in [9.17, 15) is 4.79 Å². The quantitative estimate of drug-likeness (QED) is 0.801. The Kier molecular flexibility index (Phi) is 8.85. The van der Waals surface area contributed by atoms with Gasteiger partial charge in [0.1, 0.15) is 6.54 Å². The fraction of sp³-hybridized carbons (Fsp3) is 0.562. The zero-order valence-corrected chi connectivity index (χ0v) is 16.9. The Morgan fingerprint density at radius 1 is 1.44 bits per heavy atom. The lowest BCUT2D eigenvalue weighted by molar-refractivity contribution is -0.122. The first-order valence-corrected chi connectivity index (χ1v) is 8.87. The van der Waals surface area contributed by atoms with Gasteiger partial charge in [-0.2, -0.15) is 5.10 Å². The van der Waals surface area contributed by atoms with Gasteiger partial charge in [0, 0.05) is 23.5 Å². The average Bonchev–Trinajstić information content (AvgIpc) is 3.12. The highest BCUT2D eigenvalue weighted by molar-refractivity contribution is 7.11. The molecule has 1 fully saturated rings. The van der Waals surface area contributed by atoms with E-state index in [1.54, 1.807) is 16.0 Å². The second-order valence-electron chi connectivity index (χ2n) is 6.00. The van der Waals surface area contributed by atoms with Crippen LogP contribution in [0.5, 0.6) is 0 Å². The zero-order chi connectivity index (χ0) is 16.2. The van der Waals surface area contributed by atoms with Crippen molar-refractivity contribution >= 4 is 42.1 Å². The molecule has 0 aliphatic carbocycles. The fourth-order valence-electron chi connectivity index (χ4n) is 2.91. The summed E-state index contributed by atoms with van der Waals surface area (Å²) in [6.07, 6.45) is 4.25. The maximum absolute atomic E-state index is 12.1. The molecular formula is C16H25Cl2N5OS. The Morgan fingerprint density at radius 2 is 2.24 bits per heavy atom. The Labute approximate surface area is 164 Å². The molecule has 0 aromatic carbocycles. The summed E-state index contributed by atoms with van der Waals surface area (Å²) in [5, 5.41) is 11.9. The van der Waals surface area contributed by atoms with E-state index in [1.807, 2.05) is 26.1 Å². The van der Waals surface area contributed by atoms with Crippen molar-refractivity contribution in [2.45, 2.75) is 45.7 Å². The Hall–Kier alpha value is -1.15. The topological polar surface area (TPSA) is 71.8 Å². The summed E-state index contributed by atoms with van der Waals surface area (Å²) >= 11 is 1.63. The van der Waals surface area contributed by atoms with E-state index in [0.29, 0.717) is 12.5 Å². The molecule has 3 heterocycles. The van der Waals surface area contributed by atoms with Crippen LogP contribution in [-0.4, -0.2) is 33.8 Å². The van der Waals surface area contributed by atoms with Crippen molar-refractivity contribution in [1.82, 2.24) is 25.4 Å². The van der Waals surface area contributed by atoms with Crippen LogP contribution in [0.3, 0.4) is 0 Å². The minimum absolute atomic E-state index is 0. The molecule has 1 saturated heterocycles. The largest absolute Gasteiger partial charge is 0.350 e. The van der Waals surface area contributed by atoms with Crippen LogP contribution >= 0.6 is 36.2 Å². The highest BCUT2D eigenvalue weighted by atomic mass is 35.5. The molecule has 1 aliphatic rings. The Morgan fingerprint density at radius 3 is 2.88 bits per heavy atom. The molecule has 140 valence electrons. The van der Waals surface area contributed by atoms with E-state index in [2.05, 4.69) is 20.7 Å². The number of thiazole rings is 1. The monoisotopic (exact) mass is 405 g/mol. The van der Waals surface area contributed by atoms with Gasteiger partial charge in [-0.05, 0) is 39.3 Å². The number of nitrogens with zero attached hydrogens (tertiary/aromatic N) is 3. The fourth-order valence-corrected chi connectivity index (χ4v) is 3.78. The van der Waals surface area contributed by atoms with Crippen molar-refractivity contribution in [2.24, 2.45) is 0 Å². The summed E-state index contributed by atoms with van der Waals surface area (Å²) in [6.45, 7) is 6.83. The maximum Gasteiger partial charge on any atom is 0.242 e. The molecule has 1 amide bonds. The highest BCUT2D eigenvalue weighted by Gasteiger charge is 2.18. The molecule has 0 radical (unpaired) electrons. The molecule has 0 saturated carbocycles. The number of aromatic nitrogens is 3. The van der Waals surface area contributed by atoms with Crippen molar-refractivity contribution in [3.63, 3.8) is 0 Å². The first-order chi connectivity index (χ1) is 11.1. The molecule has 1 aliphatic heterocycles. The minimum atomic E-state index is -0.0214. The summed E-state index contributed by atoms with van der Waals surface area (Å²) in [5.41, 5.74) is 2.08. The smallest absolute Gasteiger partial charge is 0.242 e. The lowest BCUT2D eigenvalue weighted by atomic mass is 9.97. The van der Waals surface area contributed by atoms with Crippen LogP contribution in [0.25, 0.3) is 0 Å². The summed E-state index contributed by atoms with van der Waals surface area (Å²) < 4.78 is 1.73. The second kappa shape index (κ2) is 10.1. The second-order valence-corrected chi connectivity index (χ2v) is 7.29. The Balaban J connectivity index is 0.00000156. The number of nitrogens with one attached hydrogen (secondary N) is 2. The SMILES string of the molecule is Cc1nc(C)c(CNC(=O)Cn2ccc(C3CCCNC3)n2)s1.Cl.Cl. The third-order valence-electron chi connectivity index (χ3n) is 4.13. The molecule has 1 unspecified atom stereocenters. The standard InChI is InChI=1S/C16H23N5OS.2ClH/c1-11-15(23-12(2)19-11)9-18-16(22)10-21-7-5-14(20-21)13-4-3-6-17-8-13;;/h5,7,13,17H,3-4,6,8-10H2,1-2H3,(H,18,22);2*1H. The molecule has 2 aromatic heterocycles. The van der Waals surface area contributed by atoms with Crippen LogP contribution in [0.2, 0.25) is 0 Å². The van der Waals surface area contributed by atoms with Crippen LogP contribution in [-0.2, 0) is 17.9 Å².